The molecule has 0 aliphatic rings. The van der Waals surface area contributed by atoms with Crippen LogP contribution in [-0.4, -0.2) is 17.5 Å². The number of amides is 1. The molecule has 2 aromatic carbocycles. The second kappa shape index (κ2) is 10.3. The molecule has 1 N–H and O–H groups in total. The van der Waals surface area contributed by atoms with Crippen LogP contribution in [0.15, 0.2) is 60.7 Å². The molecule has 154 valence electrons. The molecule has 0 saturated heterocycles. The van der Waals surface area contributed by atoms with Gasteiger partial charge in [0.15, 0.2) is 5.78 Å². The van der Waals surface area contributed by atoms with E-state index in [4.69, 9.17) is 16.3 Å². The zero-order chi connectivity index (χ0) is 21.4. The molecule has 0 saturated carbocycles. The monoisotopic (exact) mass is 413 g/mol. The first-order valence-electron chi connectivity index (χ1n) is 9.71. The van der Waals surface area contributed by atoms with E-state index >= 15 is 0 Å². The van der Waals surface area contributed by atoms with Crippen LogP contribution in [0.5, 0.6) is 0 Å². The van der Waals surface area contributed by atoms with Crippen molar-refractivity contribution >= 4 is 29.6 Å². The summed E-state index contributed by atoms with van der Waals surface area (Å²) in [5, 5.41) is 3.54. The van der Waals surface area contributed by atoms with E-state index in [1.54, 1.807) is 45.1 Å². The zero-order valence-corrected chi connectivity index (χ0v) is 18.1. The van der Waals surface area contributed by atoms with Crippen LogP contribution in [0, 0.1) is 5.92 Å². The van der Waals surface area contributed by atoms with Gasteiger partial charge in [-0.3, -0.25) is 4.79 Å². The number of ketones is 1. The molecule has 4 nitrogen and oxygen atoms in total. The molecule has 2 rings (SSSR count). The van der Waals surface area contributed by atoms with E-state index in [0.717, 1.165) is 11.1 Å². The summed E-state index contributed by atoms with van der Waals surface area (Å²) < 4.78 is 5.41. The molecule has 0 aliphatic carbocycles. The fourth-order valence-electron chi connectivity index (χ4n) is 2.99. The average Bonchev–Trinajstić information content (AvgIpc) is 2.66. The van der Waals surface area contributed by atoms with E-state index < -0.39 is 23.7 Å². The second-order valence-electron chi connectivity index (χ2n) is 7.84. The van der Waals surface area contributed by atoms with Gasteiger partial charge in [-0.05, 0) is 56.5 Å². The SMILES string of the molecule is CC[C@@H](C(=O)/C=C/c1ccc(Cl)cc1)[C@H](NC(=O)OC(C)(C)C)c1ccccc1. The van der Waals surface area contributed by atoms with Crippen molar-refractivity contribution in [1.29, 1.82) is 0 Å². The summed E-state index contributed by atoms with van der Waals surface area (Å²) >= 11 is 5.91. The molecule has 2 atom stereocenters. The van der Waals surface area contributed by atoms with Crippen LogP contribution in [0.1, 0.15) is 51.3 Å². The minimum absolute atomic E-state index is 0.0626. The fraction of sp³-hybridized carbons (Fsp3) is 0.333. The van der Waals surface area contributed by atoms with Gasteiger partial charge < -0.3 is 10.1 Å². The number of ether oxygens (including phenoxy) is 1. The summed E-state index contributed by atoms with van der Waals surface area (Å²) in [6.07, 6.45) is 3.35. The maximum Gasteiger partial charge on any atom is 0.408 e. The Labute approximate surface area is 177 Å². The minimum atomic E-state index is -0.620. The van der Waals surface area contributed by atoms with E-state index in [0.29, 0.717) is 11.4 Å². The van der Waals surface area contributed by atoms with Crippen molar-refractivity contribution in [2.45, 2.75) is 45.8 Å². The van der Waals surface area contributed by atoms with Crippen molar-refractivity contribution in [2.24, 2.45) is 5.92 Å². The maximum absolute atomic E-state index is 13.0. The first kappa shape index (κ1) is 22.7. The first-order chi connectivity index (χ1) is 13.7. The lowest BCUT2D eigenvalue weighted by Gasteiger charge is -2.28. The molecule has 0 aromatic heterocycles. The molecular weight excluding hydrogens is 386 g/mol. The summed E-state index contributed by atoms with van der Waals surface area (Å²) in [7, 11) is 0. The van der Waals surface area contributed by atoms with Gasteiger partial charge in [0.05, 0.1) is 6.04 Å². The number of rotatable bonds is 7. The van der Waals surface area contributed by atoms with Crippen LogP contribution < -0.4 is 5.32 Å². The topological polar surface area (TPSA) is 55.4 Å². The number of carbonyl (C=O) groups is 2. The lowest BCUT2D eigenvalue weighted by molar-refractivity contribution is -0.119. The number of hydrogen-bond donors (Lipinski definition) is 1. The highest BCUT2D eigenvalue weighted by Crippen LogP contribution is 2.27. The van der Waals surface area contributed by atoms with Gasteiger partial charge in [0.25, 0.3) is 0 Å². The van der Waals surface area contributed by atoms with Crippen LogP contribution in [0.4, 0.5) is 4.79 Å². The zero-order valence-electron chi connectivity index (χ0n) is 17.3. The van der Waals surface area contributed by atoms with E-state index in [1.807, 2.05) is 49.4 Å². The van der Waals surface area contributed by atoms with Crippen LogP contribution in [0.3, 0.4) is 0 Å². The van der Waals surface area contributed by atoms with Crippen molar-refractivity contribution in [2.75, 3.05) is 0 Å². The molecule has 29 heavy (non-hydrogen) atoms. The summed E-state index contributed by atoms with van der Waals surface area (Å²) in [6.45, 7) is 7.36. The number of carbonyl (C=O) groups excluding carboxylic acids is 2. The van der Waals surface area contributed by atoms with Crippen LogP contribution >= 0.6 is 11.6 Å². The average molecular weight is 414 g/mol. The van der Waals surface area contributed by atoms with Gasteiger partial charge in [-0.15, -0.1) is 0 Å². The van der Waals surface area contributed by atoms with Crippen molar-refractivity contribution < 1.29 is 14.3 Å². The molecule has 5 heteroatoms. The highest BCUT2D eigenvalue weighted by Gasteiger charge is 2.29. The van der Waals surface area contributed by atoms with Gasteiger partial charge in [-0.1, -0.05) is 67.1 Å². The number of nitrogens with one attached hydrogen (secondary N) is 1. The number of alkyl carbamates (subject to hydrolysis) is 1. The van der Waals surface area contributed by atoms with E-state index in [1.165, 1.54) is 0 Å². The predicted molar refractivity (Wildman–Crippen MR) is 118 cm³/mol. The van der Waals surface area contributed by atoms with Crippen molar-refractivity contribution in [3.63, 3.8) is 0 Å². The smallest absolute Gasteiger partial charge is 0.408 e. The van der Waals surface area contributed by atoms with E-state index in [2.05, 4.69) is 5.32 Å². The minimum Gasteiger partial charge on any atom is -0.444 e. The molecule has 0 aliphatic heterocycles. The third-order valence-electron chi connectivity index (χ3n) is 4.35. The Morgan fingerprint density at radius 3 is 2.24 bits per heavy atom. The van der Waals surface area contributed by atoms with E-state index in [9.17, 15) is 9.59 Å². The number of halogens is 1. The summed E-state index contributed by atoms with van der Waals surface area (Å²) in [5.41, 5.74) is 1.12. The lowest BCUT2D eigenvalue weighted by atomic mass is 9.87. The molecular formula is C24H28ClNO3. The van der Waals surface area contributed by atoms with E-state index in [-0.39, 0.29) is 5.78 Å². The Bertz CT molecular complexity index is 839. The Morgan fingerprint density at radius 1 is 1.07 bits per heavy atom. The van der Waals surface area contributed by atoms with Crippen molar-refractivity contribution in [3.8, 4) is 0 Å². The Hall–Kier alpha value is -2.59. The molecule has 0 fully saturated rings. The normalized spacial score (nSPS) is 13.7. The number of allylic oxidation sites excluding steroid dienone is 1. The second-order valence-corrected chi connectivity index (χ2v) is 8.27. The van der Waals surface area contributed by atoms with Gasteiger partial charge in [-0.2, -0.15) is 0 Å². The molecule has 0 bridgehead atoms. The van der Waals surface area contributed by atoms with Gasteiger partial charge >= 0.3 is 6.09 Å². The van der Waals surface area contributed by atoms with Crippen LogP contribution in [-0.2, 0) is 9.53 Å². The third kappa shape index (κ3) is 7.39. The Kier molecular flexibility index (Phi) is 8.03. The quantitative estimate of drug-likeness (QED) is 0.548. The summed E-state index contributed by atoms with van der Waals surface area (Å²) in [6, 6.07) is 16.2. The predicted octanol–water partition coefficient (Wildman–Crippen LogP) is 6.21. The Morgan fingerprint density at radius 2 is 1.69 bits per heavy atom. The van der Waals surface area contributed by atoms with Crippen LogP contribution in [0.2, 0.25) is 5.02 Å². The molecule has 0 heterocycles. The van der Waals surface area contributed by atoms with Gasteiger partial charge in [-0.25, -0.2) is 4.79 Å². The van der Waals surface area contributed by atoms with Crippen LogP contribution in [0.25, 0.3) is 6.08 Å². The summed E-state index contributed by atoms with van der Waals surface area (Å²) in [4.78, 5) is 25.4. The molecule has 0 unspecified atom stereocenters. The Balaban J connectivity index is 2.24. The molecule has 0 spiro atoms. The highest BCUT2D eigenvalue weighted by molar-refractivity contribution is 6.30. The molecule has 1 amide bonds. The standard InChI is InChI=1S/C24H28ClNO3/c1-5-20(21(27)16-13-17-11-14-19(25)15-12-17)22(18-9-7-6-8-10-18)26-23(28)29-24(2,3)4/h6-16,20,22H,5H2,1-4H3,(H,26,28)/b16-13+/t20-,22+/m0/s1. The molecule has 2 aromatic rings. The summed E-state index contributed by atoms with van der Waals surface area (Å²) in [5.74, 6) is -0.485. The van der Waals surface area contributed by atoms with Gasteiger partial charge in [0.1, 0.15) is 5.60 Å². The fourth-order valence-corrected chi connectivity index (χ4v) is 3.11. The number of hydrogen-bond acceptors (Lipinski definition) is 3. The van der Waals surface area contributed by atoms with Gasteiger partial charge in [0, 0.05) is 10.9 Å². The highest BCUT2D eigenvalue weighted by atomic mass is 35.5. The number of benzene rings is 2. The lowest BCUT2D eigenvalue weighted by Crippen LogP contribution is -2.39. The first-order valence-corrected chi connectivity index (χ1v) is 10.1. The van der Waals surface area contributed by atoms with Gasteiger partial charge in [0.2, 0.25) is 0 Å². The van der Waals surface area contributed by atoms with Crippen molar-refractivity contribution in [3.05, 3.63) is 76.8 Å². The maximum atomic E-state index is 13.0. The third-order valence-corrected chi connectivity index (χ3v) is 4.60. The largest absolute Gasteiger partial charge is 0.444 e. The molecule has 0 radical (unpaired) electrons. The van der Waals surface area contributed by atoms with Crippen molar-refractivity contribution in [1.82, 2.24) is 5.32 Å².